The normalized spacial score (nSPS) is 9.72. The van der Waals surface area contributed by atoms with E-state index in [1.165, 1.54) is 25.7 Å². The van der Waals surface area contributed by atoms with E-state index >= 15 is 0 Å². The Morgan fingerprint density at radius 1 is 0.383 bits per heavy atom. The van der Waals surface area contributed by atoms with Gasteiger partial charge in [0.05, 0.1) is 14.2 Å². The van der Waals surface area contributed by atoms with E-state index in [2.05, 4.69) is 52.0 Å². The van der Waals surface area contributed by atoms with Crippen LogP contribution in [-0.4, -0.2) is 14.2 Å². The smallest absolute Gasteiger partial charge is 0.134 e. The summed E-state index contributed by atoms with van der Waals surface area (Å²) in [6, 6.07) is 38.0. The monoisotopic (exact) mass is 634 g/mol. The lowest BCUT2D eigenvalue weighted by molar-refractivity contribution is 0.415. The fourth-order valence-electron chi connectivity index (χ4n) is 4.07. The van der Waals surface area contributed by atoms with Gasteiger partial charge in [0.1, 0.15) is 34.5 Å². The number of unbranched alkanes of at least 4 members (excludes halogenated alkanes) is 2. The molecule has 5 rings (SSSR count). The molecule has 5 aromatic carbocycles. The van der Waals surface area contributed by atoms with Crippen LogP contribution in [0.15, 0.2) is 115 Å². The van der Waals surface area contributed by atoms with E-state index in [9.17, 15) is 0 Å². The molecule has 4 heteroatoms. The molecule has 0 aliphatic heterocycles. The van der Waals surface area contributed by atoms with E-state index in [0.717, 1.165) is 62.3 Å². The number of ether oxygens (including phenoxy) is 4. The molecule has 0 saturated carbocycles. The molecule has 0 aromatic heterocycles. The van der Waals surface area contributed by atoms with E-state index in [-0.39, 0.29) is 0 Å². The van der Waals surface area contributed by atoms with Gasteiger partial charge in [0.15, 0.2) is 0 Å². The largest absolute Gasteiger partial charge is 0.497 e. The SMILES string of the molecule is CC.CCCC.CCCC.COc1ccc(-c2ccc(Oc3cccc(Oc4ccc(-c5ccc(OC)cc5)cc4)c3C)cc2)cc1. The Bertz CT molecular complexity index is 1400. The first kappa shape index (κ1) is 38.5. The van der Waals surface area contributed by atoms with Crippen molar-refractivity contribution in [2.24, 2.45) is 0 Å². The van der Waals surface area contributed by atoms with Crippen molar-refractivity contribution in [3.63, 3.8) is 0 Å². The van der Waals surface area contributed by atoms with E-state index < -0.39 is 0 Å². The summed E-state index contributed by atoms with van der Waals surface area (Å²) in [7, 11) is 3.34. The summed E-state index contributed by atoms with van der Waals surface area (Å²) in [6.45, 7) is 14.7. The van der Waals surface area contributed by atoms with E-state index in [1.54, 1.807) is 14.2 Å². The lowest BCUT2D eigenvalue weighted by Gasteiger charge is -2.14. The highest BCUT2D eigenvalue weighted by Crippen LogP contribution is 2.35. The summed E-state index contributed by atoms with van der Waals surface area (Å²) >= 11 is 0. The predicted octanol–water partition coefficient (Wildman–Crippen LogP) is 13.6. The number of hydrogen-bond donors (Lipinski definition) is 0. The van der Waals surface area contributed by atoms with Crippen LogP contribution in [0.1, 0.15) is 72.8 Å². The quantitative estimate of drug-likeness (QED) is 0.153. The third-order valence-electron chi connectivity index (χ3n) is 7.25. The van der Waals surface area contributed by atoms with Gasteiger partial charge in [0, 0.05) is 5.56 Å². The highest BCUT2D eigenvalue weighted by Gasteiger charge is 2.10. The summed E-state index contributed by atoms with van der Waals surface area (Å²) in [5, 5.41) is 0. The summed E-state index contributed by atoms with van der Waals surface area (Å²) in [5.41, 5.74) is 5.40. The van der Waals surface area contributed by atoms with E-state index in [1.807, 2.05) is 112 Å². The minimum Gasteiger partial charge on any atom is -0.497 e. The van der Waals surface area contributed by atoms with Crippen molar-refractivity contribution in [1.29, 1.82) is 0 Å². The van der Waals surface area contributed by atoms with Crippen LogP contribution in [0.4, 0.5) is 0 Å². The van der Waals surface area contributed by atoms with E-state index in [0.29, 0.717) is 0 Å². The molecule has 0 N–H and O–H groups in total. The Labute approximate surface area is 284 Å². The molecule has 250 valence electrons. The first-order valence-corrected chi connectivity index (χ1v) is 16.9. The molecule has 0 fully saturated rings. The zero-order valence-corrected chi connectivity index (χ0v) is 29.9. The molecular formula is C43H54O4. The van der Waals surface area contributed by atoms with Crippen molar-refractivity contribution in [3.05, 3.63) is 121 Å². The first-order valence-electron chi connectivity index (χ1n) is 16.9. The highest BCUT2D eigenvalue weighted by molar-refractivity contribution is 5.66. The van der Waals surface area contributed by atoms with Crippen LogP contribution in [0.2, 0.25) is 0 Å². The minimum absolute atomic E-state index is 0.754. The summed E-state index contributed by atoms with van der Waals surface area (Å²) in [6.07, 6.45) is 5.28. The molecule has 0 aliphatic rings. The van der Waals surface area contributed by atoms with Crippen molar-refractivity contribution in [2.75, 3.05) is 14.2 Å². The number of hydrogen-bond acceptors (Lipinski definition) is 4. The average molecular weight is 635 g/mol. The zero-order chi connectivity index (χ0) is 34.4. The van der Waals surface area contributed by atoms with Gasteiger partial charge in [-0.2, -0.15) is 0 Å². The topological polar surface area (TPSA) is 36.9 Å². The van der Waals surface area contributed by atoms with Gasteiger partial charge in [-0.1, -0.05) is 122 Å². The maximum Gasteiger partial charge on any atom is 0.134 e. The summed E-state index contributed by atoms with van der Waals surface area (Å²) in [5.74, 6) is 4.72. The fraction of sp³-hybridized carbons (Fsp3) is 0.302. The van der Waals surface area contributed by atoms with Crippen LogP contribution < -0.4 is 18.9 Å². The van der Waals surface area contributed by atoms with Crippen molar-refractivity contribution >= 4 is 0 Å². The molecule has 0 unspecified atom stereocenters. The summed E-state index contributed by atoms with van der Waals surface area (Å²) in [4.78, 5) is 0. The highest BCUT2D eigenvalue weighted by atomic mass is 16.5. The number of rotatable bonds is 10. The van der Waals surface area contributed by atoms with Crippen LogP contribution in [0, 0.1) is 6.92 Å². The fourth-order valence-corrected chi connectivity index (χ4v) is 4.07. The van der Waals surface area contributed by atoms with Crippen LogP contribution in [0.5, 0.6) is 34.5 Å². The Balaban J connectivity index is 0.000000682. The molecular weight excluding hydrogens is 580 g/mol. The molecule has 0 radical (unpaired) electrons. The minimum atomic E-state index is 0.754. The Hall–Kier alpha value is -4.70. The standard InChI is InChI=1S/C33H28O4.2C4H10.C2H6/c1-23-32(36-30-19-11-26(12-20-30)24-7-15-28(34-2)16-8-24)5-4-6-33(23)37-31-21-13-27(14-22-31)25-9-17-29(35-3)18-10-25;2*1-3-4-2;1-2/h4-22H,1-3H3;2*3-4H2,1-2H3;1-2H3. The van der Waals surface area contributed by atoms with Crippen molar-refractivity contribution < 1.29 is 18.9 Å². The van der Waals surface area contributed by atoms with Crippen molar-refractivity contribution in [2.45, 2.75) is 74.1 Å². The second-order valence-electron chi connectivity index (χ2n) is 10.6. The Morgan fingerprint density at radius 3 is 0.872 bits per heavy atom. The second kappa shape index (κ2) is 21.9. The molecule has 4 nitrogen and oxygen atoms in total. The van der Waals surface area contributed by atoms with Gasteiger partial charge < -0.3 is 18.9 Å². The molecule has 0 bridgehead atoms. The average Bonchev–Trinajstić information content (AvgIpc) is 3.15. The molecule has 0 aliphatic carbocycles. The summed E-state index contributed by atoms with van der Waals surface area (Å²) < 4.78 is 22.9. The zero-order valence-electron chi connectivity index (χ0n) is 29.9. The van der Waals surface area contributed by atoms with Crippen LogP contribution in [0.25, 0.3) is 22.3 Å². The molecule has 0 saturated heterocycles. The van der Waals surface area contributed by atoms with Gasteiger partial charge >= 0.3 is 0 Å². The molecule has 0 atom stereocenters. The second-order valence-corrected chi connectivity index (χ2v) is 10.6. The molecule has 47 heavy (non-hydrogen) atoms. The molecule has 0 spiro atoms. The molecule has 0 amide bonds. The maximum atomic E-state index is 6.20. The Kier molecular flexibility index (Phi) is 18.0. The predicted molar refractivity (Wildman–Crippen MR) is 201 cm³/mol. The Morgan fingerprint density at radius 2 is 0.638 bits per heavy atom. The number of benzene rings is 5. The van der Waals surface area contributed by atoms with Crippen molar-refractivity contribution in [3.8, 4) is 56.8 Å². The molecule has 0 heterocycles. The lowest BCUT2D eigenvalue weighted by Crippen LogP contribution is -1.92. The van der Waals surface area contributed by atoms with Gasteiger partial charge in [0.2, 0.25) is 0 Å². The van der Waals surface area contributed by atoms with Gasteiger partial charge in [-0.15, -0.1) is 0 Å². The maximum absolute atomic E-state index is 6.20. The van der Waals surface area contributed by atoms with Crippen molar-refractivity contribution in [1.82, 2.24) is 0 Å². The van der Waals surface area contributed by atoms with Crippen LogP contribution in [0.3, 0.4) is 0 Å². The third-order valence-corrected chi connectivity index (χ3v) is 7.25. The van der Waals surface area contributed by atoms with Crippen LogP contribution in [-0.2, 0) is 0 Å². The third kappa shape index (κ3) is 12.5. The first-order chi connectivity index (χ1) is 23.0. The number of methoxy groups -OCH3 is 2. The van der Waals surface area contributed by atoms with Gasteiger partial charge in [-0.25, -0.2) is 0 Å². The molecule has 5 aromatic rings. The van der Waals surface area contributed by atoms with E-state index in [4.69, 9.17) is 18.9 Å². The van der Waals surface area contributed by atoms with Gasteiger partial charge in [0.25, 0.3) is 0 Å². The van der Waals surface area contributed by atoms with Crippen LogP contribution >= 0.6 is 0 Å². The van der Waals surface area contributed by atoms with Gasteiger partial charge in [-0.05, 0) is 89.8 Å². The van der Waals surface area contributed by atoms with Gasteiger partial charge in [-0.3, -0.25) is 0 Å². The lowest BCUT2D eigenvalue weighted by atomic mass is 10.1.